The summed E-state index contributed by atoms with van der Waals surface area (Å²) in [4.78, 5) is 8.38. The van der Waals surface area contributed by atoms with Gasteiger partial charge in [0.2, 0.25) is 0 Å². The van der Waals surface area contributed by atoms with E-state index in [1.54, 1.807) is 6.33 Å². The van der Waals surface area contributed by atoms with Crippen LogP contribution in [0.1, 0.15) is 19.8 Å². The van der Waals surface area contributed by atoms with Crippen LogP contribution in [0.3, 0.4) is 0 Å². The van der Waals surface area contributed by atoms with Gasteiger partial charge in [0.25, 0.3) is 0 Å². The van der Waals surface area contributed by atoms with E-state index in [0.29, 0.717) is 0 Å². The van der Waals surface area contributed by atoms with Crippen molar-refractivity contribution < 1.29 is 0 Å². The van der Waals surface area contributed by atoms with E-state index in [1.165, 1.54) is 0 Å². The third-order valence-corrected chi connectivity index (χ3v) is 3.19. The van der Waals surface area contributed by atoms with Gasteiger partial charge in [-0.2, -0.15) is 5.10 Å². The van der Waals surface area contributed by atoms with Crippen molar-refractivity contribution in [2.24, 2.45) is 0 Å². The van der Waals surface area contributed by atoms with E-state index in [4.69, 9.17) is 0 Å². The maximum Gasteiger partial charge on any atom is 0.184 e. The minimum absolute atomic E-state index is 0.768. The van der Waals surface area contributed by atoms with E-state index in [-0.39, 0.29) is 0 Å². The van der Waals surface area contributed by atoms with Crippen molar-refractivity contribution in [3.8, 4) is 11.3 Å². The van der Waals surface area contributed by atoms with Crippen LogP contribution in [0.4, 0.5) is 0 Å². The first-order valence-electron chi connectivity index (χ1n) is 6.62. The number of hydrogen-bond acceptors (Lipinski definition) is 3. The number of rotatable bonds is 4. The molecule has 4 nitrogen and oxygen atoms in total. The summed E-state index contributed by atoms with van der Waals surface area (Å²) in [7, 11) is 0. The normalized spacial score (nSPS) is 11.0. The van der Waals surface area contributed by atoms with Crippen molar-refractivity contribution in [2.75, 3.05) is 0 Å². The lowest BCUT2D eigenvalue weighted by Crippen LogP contribution is -2.02. The molecule has 0 unspecified atom stereocenters. The second kappa shape index (κ2) is 5.18. The van der Waals surface area contributed by atoms with Crippen molar-refractivity contribution >= 4 is 11.0 Å². The molecular formula is C15H16N4. The van der Waals surface area contributed by atoms with Gasteiger partial charge in [-0.3, -0.25) is 4.68 Å². The second-order valence-electron chi connectivity index (χ2n) is 4.55. The standard InChI is InChI=1S/C15H16N4/c1-2-3-9-19-14(12-7-5-4-6-8-12)13-10-16-11-17-15(13)18-19/h4-8,10-11H,2-3,9H2,1H3. The molecule has 0 amide bonds. The molecule has 2 aromatic heterocycles. The molecule has 96 valence electrons. The Hall–Kier alpha value is -2.23. The smallest absolute Gasteiger partial charge is 0.184 e. The molecule has 2 heterocycles. The molecule has 0 atom stereocenters. The van der Waals surface area contributed by atoms with E-state index in [1.807, 2.05) is 24.4 Å². The second-order valence-corrected chi connectivity index (χ2v) is 4.55. The molecule has 0 radical (unpaired) electrons. The number of fused-ring (bicyclic) bond motifs is 1. The highest BCUT2D eigenvalue weighted by Gasteiger charge is 2.13. The molecule has 3 aromatic rings. The lowest BCUT2D eigenvalue weighted by atomic mass is 10.1. The number of unbranched alkanes of at least 4 members (excludes halogenated alkanes) is 1. The molecule has 3 rings (SSSR count). The zero-order valence-corrected chi connectivity index (χ0v) is 11.0. The Labute approximate surface area is 112 Å². The molecule has 0 saturated heterocycles. The average molecular weight is 252 g/mol. The van der Waals surface area contributed by atoms with Gasteiger partial charge in [0.15, 0.2) is 5.65 Å². The molecule has 0 aliphatic carbocycles. The number of hydrogen-bond donors (Lipinski definition) is 0. The third-order valence-electron chi connectivity index (χ3n) is 3.19. The fourth-order valence-electron chi connectivity index (χ4n) is 2.24. The van der Waals surface area contributed by atoms with E-state index in [2.05, 4.69) is 38.8 Å². The van der Waals surface area contributed by atoms with Gasteiger partial charge in [-0.05, 0) is 6.42 Å². The van der Waals surface area contributed by atoms with E-state index >= 15 is 0 Å². The zero-order chi connectivity index (χ0) is 13.1. The Morgan fingerprint density at radius 2 is 2.00 bits per heavy atom. The van der Waals surface area contributed by atoms with E-state index in [9.17, 15) is 0 Å². The fraction of sp³-hybridized carbons (Fsp3) is 0.267. The predicted molar refractivity (Wildman–Crippen MR) is 75.7 cm³/mol. The molecule has 4 heteroatoms. The molecule has 0 aliphatic rings. The van der Waals surface area contributed by atoms with Crippen LogP contribution in [-0.2, 0) is 6.54 Å². The maximum atomic E-state index is 4.59. The van der Waals surface area contributed by atoms with Crippen LogP contribution in [-0.4, -0.2) is 19.7 Å². The fourth-order valence-corrected chi connectivity index (χ4v) is 2.24. The van der Waals surface area contributed by atoms with Crippen LogP contribution in [0.2, 0.25) is 0 Å². The number of benzene rings is 1. The Bertz CT molecular complexity index is 673. The minimum atomic E-state index is 0.768. The molecule has 0 saturated carbocycles. The quantitative estimate of drug-likeness (QED) is 0.715. The molecular weight excluding hydrogens is 236 g/mol. The number of aromatic nitrogens is 4. The highest BCUT2D eigenvalue weighted by atomic mass is 15.3. The zero-order valence-electron chi connectivity index (χ0n) is 11.0. The lowest BCUT2D eigenvalue weighted by Gasteiger charge is -2.06. The van der Waals surface area contributed by atoms with Crippen molar-refractivity contribution in [3.63, 3.8) is 0 Å². The summed E-state index contributed by atoms with van der Waals surface area (Å²) < 4.78 is 2.05. The first kappa shape index (κ1) is 11.8. The van der Waals surface area contributed by atoms with Crippen LogP contribution >= 0.6 is 0 Å². The lowest BCUT2D eigenvalue weighted by molar-refractivity contribution is 0.581. The number of aryl methyl sites for hydroxylation is 1. The van der Waals surface area contributed by atoms with Crippen molar-refractivity contribution in [1.82, 2.24) is 19.7 Å². The highest BCUT2D eigenvalue weighted by molar-refractivity contribution is 5.90. The molecule has 19 heavy (non-hydrogen) atoms. The van der Waals surface area contributed by atoms with E-state index < -0.39 is 0 Å². The molecule has 0 fully saturated rings. The van der Waals surface area contributed by atoms with Crippen LogP contribution in [0.25, 0.3) is 22.3 Å². The van der Waals surface area contributed by atoms with Gasteiger partial charge in [0, 0.05) is 18.3 Å². The first-order chi connectivity index (χ1) is 9.40. The Morgan fingerprint density at radius 3 is 2.79 bits per heavy atom. The largest absolute Gasteiger partial charge is 0.262 e. The highest BCUT2D eigenvalue weighted by Crippen LogP contribution is 2.27. The Kier molecular flexibility index (Phi) is 3.23. The Balaban J connectivity index is 2.19. The molecule has 0 spiro atoms. The van der Waals surface area contributed by atoms with Gasteiger partial charge in [0.05, 0.1) is 11.1 Å². The van der Waals surface area contributed by atoms with Gasteiger partial charge in [-0.25, -0.2) is 9.97 Å². The summed E-state index contributed by atoms with van der Waals surface area (Å²) in [6.45, 7) is 3.10. The van der Waals surface area contributed by atoms with Gasteiger partial charge >= 0.3 is 0 Å². The van der Waals surface area contributed by atoms with Crippen molar-refractivity contribution in [2.45, 2.75) is 26.3 Å². The summed E-state index contributed by atoms with van der Waals surface area (Å²) in [6, 6.07) is 10.3. The van der Waals surface area contributed by atoms with Crippen LogP contribution < -0.4 is 0 Å². The SMILES string of the molecule is CCCCn1nc2ncncc2c1-c1ccccc1. The Morgan fingerprint density at radius 1 is 1.16 bits per heavy atom. The van der Waals surface area contributed by atoms with Gasteiger partial charge < -0.3 is 0 Å². The predicted octanol–water partition coefficient (Wildman–Crippen LogP) is 3.29. The molecule has 0 bridgehead atoms. The van der Waals surface area contributed by atoms with Crippen LogP contribution in [0, 0.1) is 0 Å². The number of nitrogens with zero attached hydrogens (tertiary/aromatic N) is 4. The van der Waals surface area contributed by atoms with Crippen LogP contribution in [0.5, 0.6) is 0 Å². The summed E-state index contributed by atoms with van der Waals surface area (Å²) in [5.74, 6) is 0. The van der Waals surface area contributed by atoms with Crippen molar-refractivity contribution in [3.05, 3.63) is 42.9 Å². The van der Waals surface area contributed by atoms with Gasteiger partial charge in [0.1, 0.15) is 6.33 Å². The topological polar surface area (TPSA) is 43.6 Å². The van der Waals surface area contributed by atoms with Crippen molar-refractivity contribution in [1.29, 1.82) is 0 Å². The molecule has 0 N–H and O–H groups in total. The van der Waals surface area contributed by atoms with Gasteiger partial charge in [-0.1, -0.05) is 43.7 Å². The average Bonchev–Trinajstić information content (AvgIpc) is 2.84. The summed E-state index contributed by atoms with van der Waals surface area (Å²) in [6.07, 6.45) is 5.66. The summed E-state index contributed by atoms with van der Waals surface area (Å²) >= 11 is 0. The van der Waals surface area contributed by atoms with E-state index in [0.717, 1.165) is 41.7 Å². The maximum absolute atomic E-state index is 4.59. The summed E-state index contributed by atoms with van der Waals surface area (Å²) in [5, 5.41) is 5.61. The van der Waals surface area contributed by atoms with Gasteiger partial charge in [-0.15, -0.1) is 0 Å². The minimum Gasteiger partial charge on any atom is -0.262 e. The van der Waals surface area contributed by atoms with Crippen LogP contribution in [0.15, 0.2) is 42.9 Å². The third kappa shape index (κ3) is 2.21. The molecule has 0 aliphatic heterocycles. The molecule has 1 aromatic carbocycles. The summed E-state index contributed by atoms with van der Waals surface area (Å²) in [5.41, 5.74) is 3.05. The first-order valence-corrected chi connectivity index (χ1v) is 6.62. The monoisotopic (exact) mass is 252 g/mol.